The van der Waals surface area contributed by atoms with Gasteiger partial charge < -0.3 is 10.4 Å². The molecular weight excluding hydrogens is 142 g/mol. The second-order valence-corrected chi connectivity index (χ2v) is 2.37. The van der Waals surface area contributed by atoms with Gasteiger partial charge in [-0.3, -0.25) is 4.79 Å². The summed E-state index contributed by atoms with van der Waals surface area (Å²) < 4.78 is 0. The van der Waals surface area contributed by atoms with Crippen LogP contribution in [0.2, 0.25) is 0 Å². The van der Waals surface area contributed by atoms with Crippen LogP contribution >= 0.6 is 0 Å². The molecule has 0 bridgehead atoms. The number of amides is 1. The number of nitrogens with one attached hydrogen (secondary N) is 1. The molecule has 0 unspecified atom stereocenters. The highest BCUT2D eigenvalue weighted by atomic mass is 16.3. The van der Waals surface area contributed by atoms with Crippen LogP contribution in [0.1, 0.15) is 26.2 Å². The zero-order chi connectivity index (χ0) is 8.69. The predicted molar refractivity (Wildman–Crippen MR) is 43.9 cm³/mol. The van der Waals surface area contributed by atoms with Crippen LogP contribution in [0.4, 0.5) is 0 Å². The Morgan fingerprint density at radius 3 is 2.73 bits per heavy atom. The lowest BCUT2D eigenvalue weighted by molar-refractivity contribution is -0.118. The van der Waals surface area contributed by atoms with Gasteiger partial charge in [0.05, 0.1) is 0 Å². The number of unbranched alkanes of at least 4 members (excludes halogenated alkanes) is 1. The third-order valence-corrected chi connectivity index (χ3v) is 1.39. The van der Waals surface area contributed by atoms with Crippen molar-refractivity contribution in [3.63, 3.8) is 0 Å². The second kappa shape index (κ2) is 5.92. The van der Waals surface area contributed by atoms with Gasteiger partial charge >= 0.3 is 0 Å². The number of carbonyl (C=O) groups excluding carboxylic acids is 1. The molecule has 0 aliphatic carbocycles. The zero-order valence-corrected chi connectivity index (χ0v) is 6.89. The molecule has 0 heterocycles. The maximum absolute atomic E-state index is 10.9. The quantitative estimate of drug-likeness (QED) is 0.458. The Hall–Kier alpha value is -0.830. The largest absolute Gasteiger partial charge is 0.376 e. The molecule has 0 saturated heterocycles. The average molecular weight is 157 g/mol. The van der Waals surface area contributed by atoms with Crippen molar-refractivity contribution in [1.82, 2.24) is 5.32 Å². The Kier molecular flexibility index (Phi) is 5.47. The minimum absolute atomic E-state index is 0.249. The molecule has 1 amide bonds. The van der Waals surface area contributed by atoms with E-state index in [4.69, 9.17) is 5.11 Å². The maximum Gasteiger partial charge on any atom is 0.248 e. The summed E-state index contributed by atoms with van der Waals surface area (Å²) in [5.41, 5.74) is 0.543. The van der Waals surface area contributed by atoms with E-state index in [1.165, 1.54) is 0 Å². The van der Waals surface area contributed by atoms with Crippen LogP contribution in [0.25, 0.3) is 0 Å². The fourth-order valence-corrected chi connectivity index (χ4v) is 0.700. The molecule has 3 nitrogen and oxygen atoms in total. The molecule has 2 N–H and O–H groups in total. The smallest absolute Gasteiger partial charge is 0.248 e. The van der Waals surface area contributed by atoms with Crippen LogP contribution in [0.3, 0.4) is 0 Å². The van der Waals surface area contributed by atoms with E-state index in [1.54, 1.807) is 0 Å². The lowest BCUT2D eigenvalue weighted by Crippen LogP contribution is -2.25. The van der Waals surface area contributed by atoms with Crippen molar-refractivity contribution in [3.8, 4) is 0 Å². The molecule has 0 atom stereocenters. The number of hydrogen-bond donors (Lipinski definition) is 2. The number of aliphatic hydroxyl groups is 1. The van der Waals surface area contributed by atoms with Gasteiger partial charge in [0.15, 0.2) is 0 Å². The number of aliphatic hydroxyl groups excluding tert-OH is 1. The van der Waals surface area contributed by atoms with Crippen LogP contribution in [0, 0.1) is 0 Å². The van der Waals surface area contributed by atoms with Crippen molar-refractivity contribution in [2.45, 2.75) is 26.2 Å². The second-order valence-electron chi connectivity index (χ2n) is 2.37. The summed E-state index contributed by atoms with van der Waals surface area (Å²) in [7, 11) is 0. The van der Waals surface area contributed by atoms with Gasteiger partial charge in [0.25, 0.3) is 0 Å². The van der Waals surface area contributed by atoms with Crippen molar-refractivity contribution >= 4 is 5.91 Å². The fourth-order valence-electron chi connectivity index (χ4n) is 0.700. The highest BCUT2D eigenvalue weighted by Gasteiger charge is 2.03. The Balaban J connectivity index is 3.56. The van der Waals surface area contributed by atoms with Crippen LogP contribution in [0.15, 0.2) is 12.2 Å². The number of rotatable bonds is 5. The van der Waals surface area contributed by atoms with Crippen molar-refractivity contribution in [1.29, 1.82) is 0 Å². The number of carbonyl (C=O) groups is 1. The van der Waals surface area contributed by atoms with Crippen LogP contribution in [0.5, 0.6) is 0 Å². The summed E-state index contributed by atoms with van der Waals surface area (Å²) in [5, 5.41) is 10.6. The molecule has 0 fully saturated rings. The molecule has 0 aromatic carbocycles. The lowest BCUT2D eigenvalue weighted by atomic mass is 10.1. The van der Waals surface area contributed by atoms with E-state index in [9.17, 15) is 4.79 Å². The molecule has 3 heteroatoms. The first-order chi connectivity index (χ1) is 5.22. The molecule has 0 rings (SSSR count). The molecule has 0 saturated carbocycles. The standard InChI is InChI=1S/C8H15NO2/c1-3-4-5-7(2)8(11)9-6-10/h10H,2-6H2,1H3,(H,9,11). The van der Waals surface area contributed by atoms with Gasteiger partial charge in [-0.25, -0.2) is 0 Å². The fraction of sp³-hybridized carbons (Fsp3) is 0.625. The maximum atomic E-state index is 10.9. The van der Waals surface area contributed by atoms with E-state index < -0.39 is 0 Å². The Morgan fingerprint density at radius 2 is 2.27 bits per heavy atom. The molecular formula is C8H15NO2. The van der Waals surface area contributed by atoms with Gasteiger partial charge in [-0.2, -0.15) is 0 Å². The SMILES string of the molecule is C=C(CCCC)C(=O)NCO. The van der Waals surface area contributed by atoms with E-state index in [1.807, 2.05) is 0 Å². The monoisotopic (exact) mass is 157 g/mol. The predicted octanol–water partition coefficient (Wildman–Crippen LogP) is 0.799. The average Bonchev–Trinajstić information content (AvgIpc) is 2.00. The minimum atomic E-state index is -0.315. The van der Waals surface area contributed by atoms with E-state index in [0.717, 1.165) is 12.8 Å². The summed E-state index contributed by atoms with van der Waals surface area (Å²) in [4.78, 5) is 10.9. The summed E-state index contributed by atoms with van der Waals surface area (Å²) in [5.74, 6) is -0.249. The van der Waals surface area contributed by atoms with E-state index in [-0.39, 0.29) is 12.6 Å². The molecule has 0 spiro atoms. The molecule has 64 valence electrons. The van der Waals surface area contributed by atoms with Gasteiger partial charge in [-0.05, 0) is 12.8 Å². The van der Waals surface area contributed by atoms with Crippen molar-refractivity contribution in [3.05, 3.63) is 12.2 Å². The zero-order valence-electron chi connectivity index (χ0n) is 6.89. The highest BCUT2D eigenvalue weighted by Crippen LogP contribution is 2.03. The normalized spacial score (nSPS) is 9.27. The molecule has 0 aliphatic rings. The highest BCUT2D eigenvalue weighted by molar-refractivity contribution is 5.92. The Morgan fingerprint density at radius 1 is 1.64 bits per heavy atom. The summed E-state index contributed by atoms with van der Waals surface area (Å²) in [6, 6.07) is 0. The topological polar surface area (TPSA) is 49.3 Å². The van der Waals surface area contributed by atoms with Gasteiger partial charge in [0.1, 0.15) is 6.73 Å². The minimum Gasteiger partial charge on any atom is -0.376 e. The van der Waals surface area contributed by atoms with Gasteiger partial charge in [0.2, 0.25) is 5.91 Å². The molecule has 0 radical (unpaired) electrons. The van der Waals surface area contributed by atoms with E-state index >= 15 is 0 Å². The molecule has 0 aliphatic heterocycles. The summed E-state index contributed by atoms with van der Waals surface area (Å²) in [6.45, 7) is 5.32. The molecule has 0 aromatic rings. The lowest BCUT2D eigenvalue weighted by Gasteiger charge is -2.03. The molecule has 0 aromatic heterocycles. The Labute approximate surface area is 67.1 Å². The van der Waals surface area contributed by atoms with Crippen molar-refractivity contribution in [2.24, 2.45) is 0 Å². The third kappa shape index (κ3) is 4.56. The van der Waals surface area contributed by atoms with Crippen LogP contribution in [-0.4, -0.2) is 17.7 Å². The van der Waals surface area contributed by atoms with Crippen molar-refractivity contribution in [2.75, 3.05) is 6.73 Å². The van der Waals surface area contributed by atoms with Gasteiger partial charge in [0, 0.05) is 5.57 Å². The number of hydrogen-bond acceptors (Lipinski definition) is 2. The first-order valence-electron chi connectivity index (χ1n) is 3.79. The molecule has 11 heavy (non-hydrogen) atoms. The van der Waals surface area contributed by atoms with Crippen LogP contribution in [-0.2, 0) is 4.79 Å². The van der Waals surface area contributed by atoms with Crippen molar-refractivity contribution < 1.29 is 9.90 Å². The third-order valence-electron chi connectivity index (χ3n) is 1.39. The van der Waals surface area contributed by atoms with Gasteiger partial charge in [-0.15, -0.1) is 0 Å². The summed E-state index contributed by atoms with van der Waals surface area (Å²) >= 11 is 0. The Bertz CT molecular complexity index is 143. The van der Waals surface area contributed by atoms with E-state index in [2.05, 4.69) is 18.8 Å². The first-order valence-corrected chi connectivity index (χ1v) is 3.79. The summed E-state index contributed by atoms with van der Waals surface area (Å²) in [6.07, 6.45) is 2.73. The van der Waals surface area contributed by atoms with Gasteiger partial charge in [-0.1, -0.05) is 19.9 Å². The van der Waals surface area contributed by atoms with E-state index in [0.29, 0.717) is 12.0 Å². The first kappa shape index (κ1) is 10.2. The van der Waals surface area contributed by atoms with Crippen LogP contribution < -0.4 is 5.32 Å².